The molecule has 0 amide bonds. The van der Waals surface area contributed by atoms with Crippen LogP contribution in [0.5, 0.6) is 5.75 Å². The first kappa shape index (κ1) is 13.6. The molecule has 0 spiro atoms. The Balaban J connectivity index is 2.00. The monoisotopic (exact) mass is 265 g/mol. The Labute approximate surface area is 112 Å². The maximum absolute atomic E-state index is 11.1. The summed E-state index contributed by atoms with van der Waals surface area (Å²) in [6.45, 7) is 3.87. The lowest BCUT2D eigenvalue weighted by molar-refractivity contribution is -0.384. The summed E-state index contributed by atoms with van der Waals surface area (Å²) in [5.41, 5.74) is 0.523. The molecule has 1 heterocycles. The van der Waals surface area contributed by atoms with Crippen molar-refractivity contribution < 1.29 is 9.66 Å². The molecule has 1 aliphatic heterocycles. The van der Waals surface area contributed by atoms with Crippen molar-refractivity contribution in [3.05, 3.63) is 28.3 Å². The molecule has 1 aliphatic rings. The second-order valence-corrected chi connectivity index (χ2v) is 4.59. The van der Waals surface area contributed by atoms with E-state index < -0.39 is 4.92 Å². The van der Waals surface area contributed by atoms with Crippen molar-refractivity contribution in [3.8, 4) is 5.75 Å². The molecule has 0 atom stereocenters. The Kier molecular flexibility index (Phi) is 4.57. The van der Waals surface area contributed by atoms with E-state index in [1.165, 1.54) is 20.0 Å². The third kappa shape index (κ3) is 3.35. The van der Waals surface area contributed by atoms with E-state index in [1.54, 1.807) is 18.2 Å². The maximum atomic E-state index is 11.1. The smallest absolute Gasteiger partial charge is 0.333 e. The van der Waals surface area contributed by atoms with E-state index in [0.29, 0.717) is 12.2 Å². The molecular formula is C13H19N3O3. The largest absolute Gasteiger partial charge is 0.490 e. The van der Waals surface area contributed by atoms with Crippen LogP contribution >= 0.6 is 0 Å². The van der Waals surface area contributed by atoms with Gasteiger partial charge in [0.15, 0.2) is 5.75 Å². The molecule has 1 saturated heterocycles. The second-order valence-electron chi connectivity index (χ2n) is 4.59. The topological polar surface area (TPSA) is 67.6 Å². The molecule has 0 aromatic heterocycles. The van der Waals surface area contributed by atoms with Gasteiger partial charge in [0.25, 0.3) is 0 Å². The van der Waals surface area contributed by atoms with Gasteiger partial charge in [-0.1, -0.05) is 6.07 Å². The first-order valence-corrected chi connectivity index (χ1v) is 6.50. The first-order valence-electron chi connectivity index (χ1n) is 6.50. The molecule has 6 nitrogen and oxygen atoms in total. The number of anilines is 1. The van der Waals surface area contributed by atoms with Gasteiger partial charge in [0.1, 0.15) is 5.69 Å². The van der Waals surface area contributed by atoms with E-state index in [0.717, 1.165) is 19.6 Å². The molecule has 0 bridgehead atoms. The van der Waals surface area contributed by atoms with Crippen molar-refractivity contribution in [1.82, 2.24) is 4.90 Å². The Morgan fingerprint density at radius 3 is 2.79 bits per heavy atom. The minimum atomic E-state index is -0.406. The number of nitro benzene ring substituents is 1. The van der Waals surface area contributed by atoms with Gasteiger partial charge < -0.3 is 15.0 Å². The number of ether oxygens (including phenoxy) is 1. The number of benzene rings is 1. The van der Waals surface area contributed by atoms with Gasteiger partial charge in [-0.3, -0.25) is 10.1 Å². The lowest BCUT2D eigenvalue weighted by Gasteiger charge is -2.15. The van der Waals surface area contributed by atoms with E-state index in [1.807, 2.05) is 0 Å². The number of rotatable bonds is 6. The van der Waals surface area contributed by atoms with Crippen LogP contribution in [-0.4, -0.2) is 43.1 Å². The van der Waals surface area contributed by atoms with Crippen molar-refractivity contribution in [1.29, 1.82) is 0 Å². The number of methoxy groups -OCH3 is 1. The van der Waals surface area contributed by atoms with Gasteiger partial charge in [-0.2, -0.15) is 0 Å². The lowest BCUT2D eigenvalue weighted by atomic mass is 10.2. The highest BCUT2D eigenvalue weighted by atomic mass is 16.6. The quantitative estimate of drug-likeness (QED) is 0.630. The summed E-state index contributed by atoms with van der Waals surface area (Å²) >= 11 is 0. The van der Waals surface area contributed by atoms with Crippen LogP contribution in [0.15, 0.2) is 18.2 Å². The van der Waals surface area contributed by atoms with Gasteiger partial charge in [-0.25, -0.2) is 0 Å². The van der Waals surface area contributed by atoms with E-state index in [9.17, 15) is 10.1 Å². The summed E-state index contributed by atoms with van der Waals surface area (Å²) in [4.78, 5) is 13.1. The summed E-state index contributed by atoms with van der Waals surface area (Å²) < 4.78 is 5.03. The van der Waals surface area contributed by atoms with Crippen molar-refractivity contribution in [2.75, 3.05) is 38.6 Å². The lowest BCUT2D eigenvalue weighted by Crippen LogP contribution is -2.26. The number of para-hydroxylation sites is 1. The summed E-state index contributed by atoms with van der Waals surface area (Å²) in [6.07, 6.45) is 2.50. The van der Waals surface area contributed by atoms with Gasteiger partial charge in [-0.05, 0) is 38.1 Å². The molecule has 19 heavy (non-hydrogen) atoms. The Hall–Kier alpha value is -1.82. The van der Waals surface area contributed by atoms with Gasteiger partial charge in [0.2, 0.25) is 0 Å². The summed E-state index contributed by atoms with van der Waals surface area (Å²) in [5.74, 6) is 0.288. The van der Waals surface area contributed by atoms with Crippen LogP contribution in [0.2, 0.25) is 0 Å². The molecule has 0 radical (unpaired) electrons. The fraction of sp³-hybridized carbons (Fsp3) is 0.538. The Bertz CT molecular complexity index is 445. The van der Waals surface area contributed by atoms with E-state index >= 15 is 0 Å². The average Bonchev–Trinajstić information content (AvgIpc) is 2.91. The number of likely N-dealkylation sites (tertiary alicyclic amines) is 1. The van der Waals surface area contributed by atoms with Crippen molar-refractivity contribution in [3.63, 3.8) is 0 Å². The molecule has 6 heteroatoms. The zero-order valence-corrected chi connectivity index (χ0v) is 11.1. The Morgan fingerprint density at radius 2 is 2.16 bits per heavy atom. The van der Waals surface area contributed by atoms with Gasteiger partial charge in [0, 0.05) is 13.1 Å². The van der Waals surface area contributed by atoms with Gasteiger partial charge in [0.05, 0.1) is 12.0 Å². The predicted molar refractivity (Wildman–Crippen MR) is 73.8 cm³/mol. The highest BCUT2D eigenvalue weighted by Gasteiger charge is 2.20. The summed E-state index contributed by atoms with van der Waals surface area (Å²) in [6, 6.07) is 5.07. The van der Waals surface area contributed by atoms with Crippen LogP contribution in [0.4, 0.5) is 11.4 Å². The van der Waals surface area contributed by atoms with Crippen LogP contribution in [0.3, 0.4) is 0 Å². The van der Waals surface area contributed by atoms with E-state index in [4.69, 9.17) is 4.74 Å². The standard InChI is InChI=1S/C13H19N3O3/c1-19-12-6-4-5-11(13(12)16(17)18)14-7-10-15-8-2-3-9-15/h4-6,14H,2-3,7-10H2,1H3. The third-order valence-electron chi connectivity index (χ3n) is 3.34. The number of hydrogen-bond donors (Lipinski definition) is 1. The first-order chi connectivity index (χ1) is 9.22. The normalized spacial score (nSPS) is 15.4. The van der Waals surface area contributed by atoms with Gasteiger partial charge in [-0.15, -0.1) is 0 Å². The van der Waals surface area contributed by atoms with Crippen LogP contribution < -0.4 is 10.1 Å². The molecule has 1 N–H and O–H groups in total. The van der Waals surface area contributed by atoms with Gasteiger partial charge >= 0.3 is 5.69 Å². The number of hydrogen-bond acceptors (Lipinski definition) is 5. The number of nitro groups is 1. The molecule has 0 unspecified atom stereocenters. The second kappa shape index (κ2) is 6.38. The van der Waals surface area contributed by atoms with Crippen molar-refractivity contribution >= 4 is 11.4 Å². The highest BCUT2D eigenvalue weighted by Crippen LogP contribution is 2.34. The average molecular weight is 265 g/mol. The Morgan fingerprint density at radius 1 is 1.42 bits per heavy atom. The van der Waals surface area contributed by atoms with Crippen molar-refractivity contribution in [2.45, 2.75) is 12.8 Å². The number of nitrogens with zero attached hydrogens (tertiary/aromatic N) is 2. The predicted octanol–water partition coefficient (Wildman–Crippen LogP) is 2.11. The SMILES string of the molecule is COc1cccc(NCCN2CCCC2)c1[N+](=O)[O-]. The minimum absolute atomic E-state index is 0.00595. The molecule has 1 aromatic rings. The van der Waals surface area contributed by atoms with Crippen LogP contribution in [0, 0.1) is 10.1 Å². The third-order valence-corrected chi connectivity index (χ3v) is 3.34. The highest BCUT2D eigenvalue weighted by molar-refractivity contribution is 5.68. The zero-order valence-electron chi connectivity index (χ0n) is 11.1. The molecule has 104 valence electrons. The molecule has 0 saturated carbocycles. The van der Waals surface area contributed by atoms with Crippen LogP contribution in [0.1, 0.15) is 12.8 Å². The molecule has 2 rings (SSSR count). The molecular weight excluding hydrogens is 246 g/mol. The molecule has 1 aromatic carbocycles. The fourth-order valence-electron chi connectivity index (χ4n) is 2.37. The van der Waals surface area contributed by atoms with E-state index in [2.05, 4.69) is 10.2 Å². The van der Waals surface area contributed by atoms with Crippen LogP contribution in [-0.2, 0) is 0 Å². The fourth-order valence-corrected chi connectivity index (χ4v) is 2.37. The summed E-state index contributed by atoms with van der Waals surface area (Å²) in [7, 11) is 1.44. The number of nitrogens with one attached hydrogen (secondary N) is 1. The summed E-state index contributed by atoms with van der Waals surface area (Å²) in [5, 5.41) is 14.2. The molecule has 0 aliphatic carbocycles. The van der Waals surface area contributed by atoms with Crippen LogP contribution in [0.25, 0.3) is 0 Å². The zero-order chi connectivity index (χ0) is 13.7. The minimum Gasteiger partial charge on any atom is -0.490 e. The molecule has 1 fully saturated rings. The van der Waals surface area contributed by atoms with E-state index in [-0.39, 0.29) is 11.4 Å². The maximum Gasteiger partial charge on any atom is 0.333 e. The van der Waals surface area contributed by atoms with Crippen molar-refractivity contribution in [2.24, 2.45) is 0 Å².